The van der Waals surface area contributed by atoms with Gasteiger partial charge >= 0.3 is 0 Å². The van der Waals surface area contributed by atoms with E-state index in [4.69, 9.17) is 5.84 Å². The lowest BCUT2D eigenvalue weighted by atomic mass is 9.70. The molecule has 0 unspecified atom stereocenters. The van der Waals surface area contributed by atoms with E-state index in [1.54, 1.807) is 0 Å². The predicted octanol–water partition coefficient (Wildman–Crippen LogP) is 1.12. The van der Waals surface area contributed by atoms with E-state index in [1.807, 2.05) is 0 Å². The Hall–Kier alpha value is -0.570. The van der Waals surface area contributed by atoms with Crippen LogP contribution >= 0.6 is 0 Å². The van der Waals surface area contributed by atoms with Gasteiger partial charge in [0.1, 0.15) is 0 Å². The second kappa shape index (κ2) is 2.27. The SMILES string of the molecule is CC1(C)[C@@H]2C[C@@H](O)[C@@]1(C)C/C2=N/N. The lowest BCUT2D eigenvalue weighted by Gasteiger charge is -2.36. The highest BCUT2D eigenvalue weighted by Gasteiger charge is 2.64. The molecule has 0 aromatic carbocycles. The monoisotopic (exact) mass is 182 g/mol. The van der Waals surface area contributed by atoms with Crippen LogP contribution in [0, 0.1) is 16.7 Å². The Balaban J connectivity index is 2.46. The molecule has 2 saturated carbocycles. The van der Waals surface area contributed by atoms with Crippen LogP contribution in [0.25, 0.3) is 0 Å². The van der Waals surface area contributed by atoms with Crippen LogP contribution in [0.15, 0.2) is 5.10 Å². The van der Waals surface area contributed by atoms with Crippen molar-refractivity contribution < 1.29 is 5.11 Å². The van der Waals surface area contributed by atoms with Crippen molar-refractivity contribution >= 4 is 5.71 Å². The molecule has 0 heterocycles. The maximum atomic E-state index is 9.93. The number of hydrazone groups is 1. The Kier molecular flexibility index (Phi) is 1.57. The van der Waals surface area contributed by atoms with E-state index in [0.717, 1.165) is 18.6 Å². The van der Waals surface area contributed by atoms with Gasteiger partial charge in [-0.15, -0.1) is 0 Å². The largest absolute Gasteiger partial charge is 0.393 e. The normalized spacial score (nSPS) is 50.3. The maximum Gasteiger partial charge on any atom is 0.0609 e. The van der Waals surface area contributed by atoms with Gasteiger partial charge < -0.3 is 10.9 Å². The number of nitrogens with zero attached hydrogens (tertiary/aromatic N) is 1. The zero-order valence-electron chi connectivity index (χ0n) is 8.54. The van der Waals surface area contributed by atoms with Crippen molar-refractivity contribution in [3.05, 3.63) is 0 Å². The molecule has 74 valence electrons. The van der Waals surface area contributed by atoms with Crippen LogP contribution in [-0.4, -0.2) is 16.9 Å². The van der Waals surface area contributed by atoms with Gasteiger partial charge in [0.15, 0.2) is 0 Å². The van der Waals surface area contributed by atoms with Crippen LogP contribution in [0.4, 0.5) is 0 Å². The quantitative estimate of drug-likeness (QED) is 0.435. The molecule has 13 heavy (non-hydrogen) atoms. The summed E-state index contributed by atoms with van der Waals surface area (Å²) in [5.41, 5.74) is 1.22. The smallest absolute Gasteiger partial charge is 0.0609 e. The van der Waals surface area contributed by atoms with Crippen molar-refractivity contribution in [3.63, 3.8) is 0 Å². The highest BCUT2D eigenvalue weighted by atomic mass is 16.3. The van der Waals surface area contributed by atoms with Gasteiger partial charge in [-0.05, 0) is 18.3 Å². The minimum absolute atomic E-state index is 0.0180. The van der Waals surface area contributed by atoms with Crippen LogP contribution in [-0.2, 0) is 0 Å². The number of aliphatic hydroxyl groups excluding tert-OH is 1. The first-order valence-corrected chi connectivity index (χ1v) is 4.88. The Morgan fingerprint density at radius 1 is 1.46 bits per heavy atom. The highest BCUT2D eigenvalue weighted by molar-refractivity contribution is 5.91. The Labute approximate surface area is 79.0 Å². The van der Waals surface area contributed by atoms with Gasteiger partial charge in [0.05, 0.1) is 6.10 Å². The van der Waals surface area contributed by atoms with Gasteiger partial charge in [-0.2, -0.15) is 5.10 Å². The molecule has 2 bridgehead atoms. The number of nitrogens with two attached hydrogens (primary N) is 1. The number of rotatable bonds is 0. The molecule has 0 aromatic rings. The Bertz CT molecular complexity index is 272. The summed E-state index contributed by atoms with van der Waals surface area (Å²) in [4.78, 5) is 0. The van der Waals surface area contributed by atoms with Crippen LogP contribution in [0.5, 0.6) is 0 Å². The molecular weight excluding hydrogens is 164 g/mol. The van der Waals surface area contributed by atoms with Gasteiger partial charge in [-0.3, -0.25) is 0 Å². The summed E-state index contributed by atoms with van der Waals surface area (Å²) in [5.74, 6) is 5.74. The van der Waals surface area contributed by atoms with Gasteiger partial charge in [0.25, 0.3) is 0 Å². The average Bonchev–Trinajstić information content (AvgIpc) is 2.34. The first-order valence-electron chi connectivity index (χ1n) is 4.88. The van der Waals surface area contributed by atoms with E-state index in [1.165, 1.54) is 0 Å². The van der Waals surface area contributed by atoms with Crippen molar-refractivity contribution in [2.75, 3.05) is 0 Å². The number of fused-ring (bicyclic) bond motifs is 2. The molecule has 0 amide bonds. The van der Waals surface area contributed by atoms with Crippen LogP contribution in [0.3, 0.4) is 0 Å². The van der Waals surface area contributed by atoms with Crippen LogP contribution < -0.4 is 5.84 Å². The molecule has 0 spiro atoms. The number of hydrogen-bond donors (Lipinski definition) is 2. The summed E-state index contributed by atoms with van der Waals surface area (Å²) in [7, 11) is 0. The van der Waals surface area contributed by atoms with E-state index in [-0.39, 0.29) is 16.9 Å². The molecule has 0 aromatic heterocycles. The van der Waals surface area contributed by atoms with E-state index in [9.17, 15) is 5.11 Å². The maximum absolute atomic E-state index is 9.93. The third-order valence-electron chi connectivity index (χ3n) is 4.65. The molecule has 3 atom stereocenters. The van der Waals surface area contributed by atoms with Crippen molar-refractivity contribution in [3.8, 4) is 0 Å². The molecule has 2 fully saturated rings. The first-order chi connectivity index (χ1) is 5.93. The fourth-order valence-electron chi connectivity index (χ4n) is 3.14. The molecular formula is C10H18N2O. The molecule has 3 nitrogen and oxygen atoms in total. The van der Waals surface area contributed by atoms with Crippen molar-refractivity contribution in [1.82, 2.24) is 0 Å². The topological polar surface area (TPSA) is 58.6 Å². The molecule has 2 aliphatic carbocycles. The lowest BCUT2D eigenvalue weighted by Crippen LogP contribution is -2.35. The second-order valence-corrected chi connectivity index (χ2v) is 5.24. The van der Waals surface area contributed by atoms with Crippen molar-refractivity contribution in [2.24, 2.45) is 27.7 Å². The number of aliphatic hydroxyl groups is 1. The molecule has 3 N–H and O–H groups in total. The van der Waals surface area contributed by atoms with E-state index >= 15 is 0 Å². The average molecular weight is 182 g/mol. The molecule has 0 saturated heterocycles. The third kappa shape index (κ3) is 0.810. The molecule has 3 heteroatoms. The fraction of sp³-hybridized carbons (Fsp3) is 0.900. The minimum atomic E-state index is -0.182. The van der Waals surface area contributed by atoms with E-state index in [2.05, 4.69) is 25.9 Å². The summed E-state index contributed by atoms with van der Waals surface area (Å²) in [6.45, 7) is 6.58. The summed E-state index contributed by atoms with van der Waals surface area (Å²) in [5, 5.41) is 13.8. The molecule has 2 aliphatic rings. The summed E-state index contributed by atoms with van der Waals surface area (Å²) < 4.78 is 0. The van der Waals surface area contributed by atoms with Gasteiger partial charge in [-0.1, -0.05) is 20.8 Å². The van der Waals surface area contributed by atoms with Crippen molar-refractivity contribution in [2.45, 2.75) is 39.7 Å². The fourth-order valence-corrected chi connectivity index (χ4v) is 3.14. The first kappa shape index (κ1) is 9.00. The van der Waals surface area contributed by atoms with E-state index < -0.39 is 0 Å². The van der Waals surface area contributed by atoms with Gasteiger partial charge in [0, 0.05) is 17.0 Å². The predicted molar refractivity (Wildman–Crippen MR) is 52.2 cm³/mol. The number of hydrogen-bond acceptors (Lipinski definition) is 3. The molecule has 2 rings (SSSR count). The molecule has 0 radical (unpaired) electrons. The Morgan fingerprint density at radius 3 is 2.38 bits per heavy atom. The third-order valence-corrected chi connectivity index (χ3v) is 4.65. The molecule has 0 aliphatic heterocycles. The second-order valence-electron chi connectivity index (χ2n) is 5.24. The summed E-state index contributed by atoms with van der Waals surface area (Å²) in [6, 6.07) is 0. The zero-order chi connectivity index (χ0) is 9.85. The summed E-state index contributed by atoms with van der Waals surface area (Å²) in [6.07, 6.45) is 1.51. The van der Waals surface area contributed by atoms with Crippen molar-refractivity contribution in [1.29, 1.82) is 0 Å². The standard InChI is InChI=1S/C10H18N2O/c1-9(2)6-4-8(13)10(9,3)5-7(6)12-11/h6,8,13H,4-5,11H2,1-3H3/b12-7-/t6-,8-,10-/m1/s1. The zero-order valence-corrected chi connectivity index (χ0v) is 8.54. The van der Waals surface area contributed by atoms with Crippen LogP contribution in [0.1, 0.15) is 33.6 Å². The van der Waals surface area contributed by atoms with E-state index in [0.29, 0.717) is 5.92 Å². The minimum Gasteiger partial charge on any atom is -0.393 e. The van der Waals surface area contributed by atoms with Gasteiger partial charge in [-0.25, -0.2) is 0 Å². The lowest BCUT2D eigenvalue weighted by molar-refractivity contribution is 0.0177. The Morgan fingerprint density at radius 2 is 2.08 bits per heavy atom. The highest BCUT2D eigenvalue weighted by Crippen LogP contribution is 2.64. The van der Waals surface area contributed by atoms with Crippen LogP contribution in [0.2, 0.25) is 0 Å². The van der Waals surface area contributed by atoms with Gasteiger partial charge in [0.2, 0.25) is 0 Å². The summed E-state index contributed by atoms with van der Waals surface area (Å²) >= 11 is 0.